The van der Waals surface area contributed by atoms with Crippen molar-refractivity contribution in [2.24, 2.45) is 10.7 Å². The van der Waals surface area contributed by atoms with Crippen LogP contribution in [-0.4, -0.2) is 36.5 Å². The van der Waals surface area contributed by atoms with Crippen molar-refractivity contribution >= 4 is 39.5 Å². The number of nitrogens with one attached hydrogen (secondary N) is 1. The Labute approximate surface area is 213 Å². The van der Waals surface area contributed by atoms with E-state index in [1.54, 1.807) is 19.9 Å². The summed E-state index contributed by atoms with van der Waals surface area (Å²) in [5, 5.41) is 3.10. The number of oxazole rings is 1. The number of thioether (sulfide) groups is 1. The topological polar surface area (TPSA) is 124 Å². The molecule has 0 radical (unpaired) electrons. The van der Waals surface area contributed by atoms with Crippen LogP contribution in [0.5, 0.6) is 5.75 Å². The molecule has 1 aliphatic rings. The number of amidine groups is 1. The summed E-state index contributed by atoms with van der Waals surface area (Å²) in [7, 11) is 0. The molecule has 13 heteroatoms. The quantitative estimate of drug-likeness (QED) is 0.340. The summed E-state index contributed by atoms with van der Waals surface area (Å²) in [6, 6.07) is 4.08. The summed E-state index contributed by atoms with van der Waals surface area (Å²) in [5.74, 6) is -1.07. The van der Waals surface area contributed by atoms with Gasteiger partial charge in [-0.15, -0.1) is 0 Å². The predicted octanol–water partition coefficient (Wildman–Crippen LogP) is 5.01. The summed E-state index contributed by atoms with van der Waals surface area (Å²) in [6.07, 6.45) is 5.87. The van der Waals surface area contributed by atoms with E-state index in [0.717, 1.165) is 17.8 Å². The van der Waals surface area contributed by atoms with Crippen LogP contribution in [0.3, 0.4) is 0 Å². The standard InChI is InChI=1S/C24H22F3N7O2S/c1-23(11-25)10-24(2,34-22(28)37-23)15-5-13(6-16(26)19(15)27)33-21-20-17(31-12-32-21)7-14(8-30-20)36-9-18-29-3-4-35-18/h3-8,12H,9-11H2,1-2H3,(H2,28,34)(H,31,32,33)/t23-,24+/m1/s1. The highest BCUT2D eigenvalue weighted by atomic mass is 32.2. The van der Waals surface area contributed by atoms with E-state index >= 15 is 4.39 Å². The summed E-state index contributed by atoms with van der Waals surface area (Å²) >= 11 is 1.08. The fraction of sp³-hybridized carbons (Fsp3) is 0.292. The van der Waals surface area contributed by atoms with E-state index in [9.17, 15) is 8.78 Å². The SMILES string of the molecule is C[C@]1(CF)C[C@@](C)(c2cc(Nc3ncnc4cc(OCc5ncco5)cnc34)cc(F)c2F)N=C(N)S1. The number of ether oxygens (including phenoxy) is 1. The number of pyridine rings is 1. The van der Waals surface area contributed by atoms with Gasteiger partial charge in [0, 0.05) is 23.4 Å². The second-order valence-electron chi connectivity index (χ2n) is 9.01. The maximum atomic E-state index is 15.0. The fourth-order valence-corrected chi connectivity index (χ4v) is 5.47. The first-order valence-electron chi connectivity index (χ1n) is 11.2. The molecule has 9 nitrogen and oxygen atoms in total. The molecule has 4 aromatic rings. The lowest BCUT2D eigenvalue weighted by Crippen LogP contribution is -2.42. The molecule has 4 heterocycles. The van der Waals surface area contributed by atoms with Crippen LogP contribution < -0.4 is 15.8 Å². The van der Waals surface area contributed by atoms with Crippen molar-refractivity contribution in [3.8, 4) is 5.75 Å². The van der Waals surface area contributed by atoms with Crippen LogP contribution in [0, 0.1) is 11.6 Å². The van der Waals surface area contributed by atoms with Crippen molar-refractivity contribution in [3.63, 3.8) is 0 Å². The molecule has 0 amide bonds. The minimum Gasteiger partial charge on any atom is -0.482 e. The molecule has 0 spiro atoms. The maximum Gasteiger partial charge on any atom is 0.232 e. The first-order chi connectivity index (χ1) is 17.7. The summed E-state index contributed by atoms with van der Waals surface area (Å²) < 4.78 is 53.4. The third kappa shape index (κ3) is 5.03. The fourth-order valence-electron chi connectivity index (χ4n) is 4.31. The zero-order valence-electron chi connectivity index (χ0n) is 19.8. The summed E-state index contributed by atoms with van der Waals surface area (Å²) in [4.78, 5) is 21.2. The van der Waals surface area contributed by atoms with Gasteiger partial charge in [0.1, 0.15) is 30.5 Å². The second kappa shape index (κ2) is 9.54. The largest absolute Gasteiger partial charge is 0.482 e. The van der Waals surface area contributed by atoms with Gasteiger partial charge in [-0.1, -0.05) is 11.8 Å². The molecule has 1 aliphatic heterocycles. The van der Waals surface area contributed by atoms with Gasteiger partial charge in [0.2, 0.25) is 5.89 Å². The first kappa shape index (κ1) is 24.8. The van der Waals surface area contributed by atoms with Crippen molar-refractivity contribution in [1.29, 1.82) is 0 Å². The zero-order chi connectivity index (χ0) is 26.2. The van der Waals surface area contributed by atoms with Crippen LogP contribution in [-0.2, 0) is 12.1 Å². The van der Waals surface area contributed by atoms with Crippen molar-refractivity contribution in [3.05, 3.63) is 66.3 Å². The number of benzene rings is 1. The predicted molar refractivity (Wildman–Crippen MR) is 133 cm³/mol. The van der Waals surface area contributed by atoms with E-state index in [1.807, 2.05) is 0 Å². The highest BCUT2D eigenvalue weighted by molar-refractivity contribution is 8.15. The van der Waals surface area contributed by atoms with Crippen molar-refractivity contribution in [2.75, 3.05) is 12.0 Å². The molecule has 37 heavy (non-hydrogen) atoms. The molecule has 1 aromatic carbocycles. The third-order valence-corrected chi connectivity index (χ3v) is 6.92. The van der Waals surface area contributed by atoms with Gasteiger partial charge >= 0.3 is 0 Å². The third-order valence-electron chi connectivity index (χ3n) is 5.88. The highest BCUT2D eigenvalue weighted by Gasteiger charge is 2.44. The van der Waals surface area contributed by atoms with Crippen LogP contribution in [0.15, 0.2) is 52.6 Å². The summed E-state index contributed by atoms with van der Waals surface area (Å²) in [6.45, 7) is 2.69. The second-order valence-corrected chi connectivity index (χ2v) is 10.6. The average Bonchev–Trinajstić information content (AvgIpc) is 3.38. The first-order valence-corrected chi connectivity index (χ1v) is 12.0. The van der Waals surface area contributed by atoms with E-state index in [2.05, 4.69) is 30.2 Å². The number of rotatable bonds is 7. The van der Waals surface area contributed by atoms with E-state index < -0.39 is 28.6 Å². The number of aliphatic imine (C=N–C) groups is 1. The van der Waals surface area contributed by atoms with Gasteiger partial charge in [0.15, 0.2) is 29.2 Å². The van der Waals surface area contributed by atoms with Gasteiger partial charge in [-0.25, -0.2) is 33.1 Å². The number of nitrogens with two attached hydrogens (primary N) is 1. The number of hydrogen-bond donors (Lipinski definition) is 2. The normalized spacial score (nSPS) is 21.6. The Bertz CT molecular complexity index is 1490. The van der Waals surface area contributed by atoms with E-state index in [0.29, 0.717) is 22.7 Å². The van der Waals surface area contributed by atoms with E-state index in [4.69, 9.17) is 14.9 Å². The molecule has 192 valence electrons. The Morgan fingerprint density at radius 1 is 1.16 bits per heavy atom. The molecular weight excluding hydrogens is 507 g/mol. The molecule has 0 fully saturated rings. The Hall–Kier alpha value is -3.87. The molecule has 3 aromatic heterocycles. The van der Waals surface area contributed by atoms with Crippen molar-refractivity contribution < 1.29 is 22.3 Å². The van der Waals surface area contributed by atoms with Crippen LogP contribution in [0.4, 0.5) is 24.7 Å². The van der Waals surface area contributed by atoms with Crippen LogP contribution in [0.2, 0.25) is 0 Å². The van der Waals surface area contributed by atoms with Gasteiger partial charge in [-0.05, 0) is 26.3 Å². The van der Waals surface area contributed by atoms with Crippen LogP contribution in [0.25, 0.3) is 11.0 Å². The lowest BCUT2D eigenvalue weighted by molar-refractivity contribution is 0.262. The van der Waals surface area contributed by atoms with Gasteiger partial charge in [-0.3, -0.25) is 4.99 Å². The minimum absolute atomic E-state index is 0.0496. The van der Waals surface area contributed by atoms with Gasteiger partial charge in [-0.2, -0.15) is 0 Å². The number of aromatic nitrogens is 4. The Morgan fingerprint density at radius 2 is 2.00 bits per heavy atom. The molecule has 3 N–H and O–H groups in total. The van der Waals surface area contributed by atoms with Crippen molar-refractivity contribution in [2.45, 2.75) is 37.2 Å². The Balaban J connectivity index is 1.46. The highest BCUT2D eigenvalue weighted by Crippen LogP contribution is 2.46. The molecule has 5 rings (SSSR count). The van der Waals surface area contributed by atoms with Gasteiger partial charge < -0.3 is 20.2 Å². The van der Waals surface area contributed by atoms with Crippen molar-refractivity contribution in [1.82, 2.24) is 19.9 Å². The molecule has 2 atom stereocenters. The Morgan fingerprint density at radius 3 is 2.76 bits per heavy atom. The lowest BCUT2D eigenvalue weighted by atomic mass is 9.83. The summed E-state index contributed by atoms with van der Waals surface area (Å²) in [5.41, 5.74) is 5.65. The van der Waals surface area contributed by atoms with E-state index in [-0.39, 0.29) is 35.3 Å². The lowest BCUT2D eigenvalue weighted by Gasteiger charge is -2.39. The molecule has 0 bridgehead atoms. The van der Waals surface area contributed by atoms with Crippen LogP contribution in [0.1, 0.15) is 31.7 Å². The zero-order valence-corrected chi connectivity index (χ0v) is 20.7. The smallest absolute Gasteiger partial charge is 0.232 e. The molecular formula is C24H22F3N7O2S. The Kier molecular flexibility index (Phi) is 6.40. The minimum atomic E-state index is -1.28. The maximum absolute atomic E-state index is 15.0. The number of hydrogen-bond acceptors (Lipinski definition) is 10. The molecule has 0 saturated heterocycles. The molecule has 0 saturated carbocycles. The van der Waals surface area contributed by atoms with Gasteiger partial charge in [0.05, 0.1) is 28.2 Å². The number of fused-ring (bicyclic) bond motifs is 1. The number of alkyl halides is 1. The average molecular weight is 530 g/mol. The molecule has 0 aliphatic carbocycles. The van der Waals surface area contributed by atoms with Gasteiger partial charge in [0.25, 0.3) is 0 Å². The monoisotopic (exact) mass is 529 g/mol. The molecule has 0 unspecified atom stereocenters. The number of anilines is 2. The van der Waals surface area contributed by atoms with E-state index in [1.165, 1.54) is 31.1 Å². The number of nitrogens with zero attached hydrogens (tertiary/aromatic N) is 5. The number of halogens is 3. The van der Waals surface area contributed by atoms with Crippen LogP contribution >= 0.6 is 11.8 Å².